The lowest BCUT2D eigenvalue weighted by molar-refractivity contribution is 0.522. The van der Waals surface area contributed by atoms with Crippen molar-refractivity contribution < 1.29 is 0 Å². The Hall–Kier alpha value is 0.01000. The van der Waals surface area contributed by atoms with E-state index in [1.807, 2.05) is 11.3 Å². The van der Waals surface area contributed by atoms with Crippen molar-refractivity contribution >= 4 is 23.1 Å². The van der Waals surface area contributed by atoms with Gasteiger partial charge in [0.2, 0.25) is 0 Å². The van der Waals surface area contributed by atoms with Crippen LogP contribution < -0.4 is 5.32 Å². The van der Waals surface area contributed by atoms with Gasteiger partial charge in [0.1, 0.15) is 0 Å². The molecule has 2 rings (SSSR count). The van der Waals surface area contributed by atoms with Gasteiger partial charge in [-0.15, -0.1) is 11.3 Å². The van der Waals surface area contributed by atoms with Crippen LogP contribution in [0.15, 0.2) is 17.5 Å². The molecule has 0 aromatic carbocycles. The van der Waals surface area contributed by atoms with Crippen molar-refractivity contribution in [2.24, 2.45) is 5.92 Å². The zero-order valence-electron chi connectivity index (χ0n) is 7.82. The number of rotatable bonds is 1. The standard InChI is InChI=1S/C10H15NS2/c1-8-5-11-9(7-12-6-8)10-3-2-4-13-10/h2-4,8-9,11H,5-7H2,1H3. The third-order valence-corrected chi connectivity index (χ3v) is 4.65. The molecule has 1 fully saturated rings. The fraction of sp³-hybridized carbons (Fsp3) is 0.600. The predicted molar refractivity (Wildman–Crippen MR) is 61.6 cm³/mol. The number of thioether (sulfide) groups is 1. The minimum Gasteiger partial charge on any atom is -0.308 e. The highest BCUT2D eigenvalue weighted by atomic mass is 32.2. The summed E-state index contributed by atoms with van der Waals surface area (Å²) in [5.74, 6) is 3.34. The summed E-state index contributed by atoms with van der Waals surface area (Å²) in [6.07, 6.45) is 0. The van der Waals surface area contributed by atoms with Gasteiger partial charge in [-0.05, 0) is 29.7 Å². The SMILES string of the molecule is CC1CNC(c2cccs2)CSC1. The van der Waals surface area contributed by atoms with Crippen LogP contribution in [0.5, 0.6) is 0 Å². The third-order valence-electron chi connectivity index (χ3n) is 2.29. The molecular formula is C10H15NS2. The first kappa shape index (κ1) is 9.56. The average Bonchev–Trinajstić information content (AvgIpc) is 2.56. The van der Waals surface area contributed by atoms with E-state index in [4.69, 9.17) is 0 Å². The van der Waals surface area contributed by atoms with Gasteiger partial charge in [-0.1, -0.05) is 13.0 Å². The summed E-state index contributed by atoms with van der Waals surface area (Å²) < 4.78 is 0. The highest BCUT2D eigenvalue weighted by Gasteiger charge is 2.17. The maximum absolute atomic E-state index is 3.62. The second kappa shape index (κ2) is 4.49. The van der Waals surface area contributed by atoms with E-state index >= 15 is 0 Å². The molecule has 2 heterocycles. The molecule has 1 nitrogen and oxygen atoms in total. The van der Waals surface area contributed by atoms with Gasteiger partial charge in [0.15, 0.2) is 0 Å². The molecule has 1 N–H and O–H groups in total. The Morgan fingerprint density at radius 3 is 3.15 bits per heavy atom. The Bertz CT molecular complexity index is 245. The molecule has 0 bridgehead atoms. The van der Waals surface area contributed by atoms with Gasteiger partial charge in [-0.2, -0.15) is 11.8 Å². The van der Waals surface area contributed by atoms with Gasteiger partial charge in [0, 0.05) is 10.6 Å². The molecule has 13 heavy (non-hydrogen) atoms. The first-order valence-electron chi connectivity index (χ1n) is 4.71. The molecule has 1 aliphatic heterocycles. The van der Waals surface area contributed by atoms with Crippen molar-refractivity contribution in [1.29, 1.82) is 0 Å². The normalized spacial score (nSPS) is 29.9. The number of nitrogens with one attached hydrogen (secondary N) is 1. The Morgan fingerprint density at radius 1 is 1.46 bits per heavy atom. The van der Waals surface area contributed by atoms with Crippen LogP contribution in [0.3, 0.4) is 0 Å². The van der Waals surface area contributed by atoms with E-state index in [1.165, 1.54) is 16.4 Å². The molecule has 0 aliphatic carbocycles. The van der Waals surface area contributed by atoms with Gasteiger partial charge in [0.05, 0.1) is 6.04 Å². The summed E-state index contributed by atoms with van der Waals surface area (Å²) in [5, 5.41) is 5.79. The molecule has 0 amide bonds. The van der Waals surface area contributed by atoms with Gasteiger partial charge < -0.3 is 5.32 Å². The van der Waals surface area contributed by atoms with E-state index < -0.39 is 0 Å². The summed E-state index contributed by atoms with van der Waals surface area (Å²) >= 11 is 3.94. The summed E-state index contributed by atoms with van der Waals surface area (Å²) in [7, 11) is 0. The summed E-state index contributed by atoms with van der Waals surface area (Å²) in [4.78, 5) is 1.49. The molecule has 2 unspecified atom stereocenters. The lowest BCUT2D eigenvalue weighted by Gasteiger charge is -2.13. The lowest BCUT2D eigenvalue weighted by atomic mass is 10.2. The Kier molecular flexibility index (Phi) is 3.30. The van der Waals surface area contributed by atoms with Gasteiger partial charge in [-0.25, -0.2) is 0 Å². The summed E-state index contributed by atoms with van der Waals surface area (Å²) in [6.45, 7) is 3.48. The highest BCUT2D eigenvalue weighted by molar-refractivity contribution is 7.99. The molecule has 1 aromatic rings. The third kappa shape index (κ3) is 2.48. The van der Waals surface area contributed by atoms with E-state index in [1.54, 1.807) is 0 Å². The van der Waals surface area contributed by atoms with E-state index in [0.29, 0.717) is 6.04 Å². The van der Waals surface area contributed by atoms with E-state index in [9.17, 15) is 0 Å². The zero-order chi connectivity index (χ0) is 9.10. The highest BCUT2D eigenvalue weighted by Crippen LogP contribution is 2.26. The molecular weight excluding hydrogens is 198 g/mol. The van der Waals surface area contributed by atoms with Crippen molar-refractivity contribution in [1.82, 2.24) is 5.32 Å². The second-order valence-electron chi connectivity index (χ2n) is 3.62. The summed E-state index contributed by atoms with van der Waals surface area (Å²) in [6, 6.07) is 4.97. The van der Waals surface area contributed by atoms with E-state index in [0.717, 1.165) is 12.5 Å². The van der Waals surface area contributed by atoms with Crippen LogP contribution in [0.2, 0.25) is 0 Å². The van der Waals surface area contributed by atoms with Crippen LogP contribution in [-0.4, -0.2) is 18.1 Å². The van der Waals surface area contributed by atoms with Crippen LogP contribution in [0.1, 0.15) is 17.8 Å². The molecule has 3 heteroatoms. The van der Waals surface area contributed by atoms with Crippen LogP contribution in [-0.2, 0) is 0 Å². The van der Waals surface area contributed by atoms with Gasteiger partial charge in [-0.3, -0.25) is 0 Å². The number of hydrogen-bond acceptors (Lipinski definition) is 3. The van der Waals surface area contributed by atoms with Crippen LogP contribution in [0.25, 0.3) is 0 Å². The van der Waals surface area contributed by atoms with Crippen LogP contribution >= 0.6 is 23.1 Å². The fourth-order valence-electron chi connectivity index (χ4n) is 1.52. The molecule has 1 aromatic heterocycles. The molecule has 0 saturated carbocycles. The molecule has 2 atom stereocenters. The zero-order valence-corrected chi connectivity index (χ0v) is 9.46. The van der Waals surface area contributed by atoms with Gasteiger partial charge in [0.25, 0.3) is 0 Å². The Labute approximate surface area is 87.9 Å². The van der Waals surface area contributed by atoms with Crippen molar-refractivity contribution in [3.63, 3.8) is 0 Å². The predicted octanol–water partition coefficient (Wildman–Crippen LogP) is 2.76. The van der Waals surface area contributed by atoms with Gasteiger partial charge >= 0.3 is 0 Å². The van der Waals surface area contributed by atoms with E-state index in [2.05, 4.69) is 41.5 Å². The Balaban J connectivity index is 2.00. The minimum absolute atomic E-state index is 0.593. The monoisotopic (exact) mass is 213 g/mol. The van der Waals surface area contributed by atoms with Crippen molar-refractivity contribution in [2.45, 2.75) is 13.0 Å². The van der Waals surface area contributed by atoms with Crippen LogP contribution in [0.4, 0.5) is 0 Å². The molecule has 72 valence electrons. The molecule has 1 saturated heterocycles. The topological polar surface area (TPSA) is 12.0 Å². The van der Waals surface area contributed by atoms with E-state index in [-0.39, 0.29) is 0 Å². The minimum atomic E-state index is 0.593. The fourth-order valence-corrected chi connectivity index (χ4v) is 3.62. The van der Waals surface area contributed by atoms with Crippen LogP contribution in [0, 0.1) is 5.92 Å². The average molecular weight is 213 g/mol. The molecule has 0 radical (unpaired) electrons. The molecule has 1 aliphatic rings. The lowest BCUT2D eigenvalue weighted by Crippen LogP contribution is -2.24. The summed E-state index contributed by atoms with van der Waals surface area (Å²) in [5.41, 5.74) is 0. The smallest absolute Gasteiger partial charge is 0.0506 e. The quantitative estimate of drug-likeness (QED) is 0.770. The number of hydrogen-bond donors (Lipinski definition) is 1. The second-order valence-corrected chi connectivity index (χ2v) is 5.67. The maximum atomic E-state index is 3.62. The molecule has 0 spiro atoms. The first-order valence-corrected chi connectivity index (χ1v) is 6.74. The van der Waals surface area contributed by atoms with Crippen molar-refractivity contribution in [3.05, 3.63) is 22.4 Å². The van der Waals surface area contributed by atoms with Crippen molar-refractivity contribution in [2.75, 3.05) is 18.1 Å². The van der Waals surface area contributed by atoms with Crippen molar-refractivity contribution in [3.8, 4) is 0 Å². The largest absolute Gasteiger partial charge is 0.308 e. The maximum Gasteiger partial charge on any atom is 0.0506 e. The number of thiophene rings is 1. The first-order chi connectivity index (χ1) is 6.36. The Morgan fingerprint density at radius 2 is 2.38 bits per heavy atom.